The summed E-state index contributed by atoms with van der Waals surface area (Å²) in [7, 11) is 0. The second-order valence-corrected chi connectivity index (χ2v) is 7.44. The van der Waals surface area contributed by atoms with Crippen LogP contribution in [0.4, 0.5) is 48.1 Å². The lowest BCUT2D eigenvalue weighted by atomic mass is 10.2. The van der Waals surface area contributed by atoms with E-state index in [0.717, 1.165) is 24.3 Å². The highest BCUT2D eigenvalue weighted by molar-refractivity contribution is 6.31. The predicted molar refractivity (Wildman–Crippen MR) is 116 cm³/mol. The monoisotopic (exact) mass is 541 g/mol. The number of anilines is 3. The van der Waals surface area contributed by atoms with Gasteiger partial charge in [0.05, 0.1) is 11.8 Å². The van der Waals surface area contributed by atoms with Gasteiger partial charge in [0.25, 0.3) is 0 Å². The molecular weight excluding hydrogens is 530 g/mol. The molecule has 0 saturated heterocycles. The average Bonchev–Trinajstić information content (AvgIpc) is 2.73. The van der Waals surface area contributed by atoms with Crippen LogP contribution in [0.2, 0.25) is 10.3 Å². The molecule has 0 unspecified atom stereocenters. The average molecular weight is 542 g/mol. The van der Waals surface area contributed by atoms with Gasteiger partial charge in [0.2, 0.25) is 5.28 Å². The van der Waals surface area contributed by atoms with Gasteiger partial charge in [-0.15, -0.1) is 0 Å². The molecule has 1 heterocycles. The molecule has 15 heteroatoms. The van der Waals surface area contributed by atoms with Crippen LogP contribution >= 0.6 is 23.2 Å². The number of ether oxygens (including phenoxy) is 1. The van der Waals surface area contributed by atoms with E-state index in [4.69, 9.17) is 23.2 Å². The zero-order chi connectivity index (χ0) is 25.8. The van der Waals surface area contributed by atoms with Crippen molar-refractivity contribution in [1.82, 2.24) is 9.97 Å². The first-order chi connectivity index (χ1) is 16.3. The van der Waals surface area contributed by atoms with Crippen LogP contribution in [0.25, 0.3) is 0 Å². The highest BCUT2D eigenvalue weighted by Gasteiger charge is 2.43. The predicted octanol–water partition coefficient (Wildman–Crippen LogP) is 7.23. The van der Waals surface area contributed by atoms with Gasteiger partial charge in [-0.25, -0.2) is 4.98 Å². The van der Waals surface area contributed by atoms with Crippen molar-refractivity contribution >= 4 is 46.7 Å². The Balaban J connectivity index is 1.68. The molecule has 0 radical (unpaired) electrons. The summed E-state index contributed by atoms with van der Waals surface area (Å²) in [6.07, 6.45) is -12.0. The van der Waals surface area contributed by atoms with Gasteiger partial charge < -0.3 is 10.1 Å². The molecule has 0 fully saturated rings. The molecule has 186 valence electrons. The maximum Gasteiger partial charge on any atom is 0.461 e. The molecule has 0 aliphatic heterocycles. The van der Waals surface area contributed by atoms with Crippen molar-refractivity contribution in [2.24, 2.45) is 5.10 Å². The van der Waals surface area contributed by atoms with Crippen molar-refractivity contribution in [3.63, 3.8) is 0 Å². The Morgan fingerprint density at radius 1 is 0.914 bits per heavy atom. The van der Waals surface area contributed by atoms with Gasteiger partial charge in [-0.2, -0.15) is 40.8 Å². The van der Waals surface area contributed by atoms with Crippen LogP contribution in [0.5, 0.6) is 5.75 Å². The fourth-order valence-electron chi connectivity index (χ4n) is 2.51. The highest BCUT2D eigenvalue weighted by atomic mass is 35.5. The third-order valence-corrected chi connectivity index (χ3v) is 4.36. The summed E-state index contributed by atoms with van der Waals surface area (Å²) in [6, 6.07) is 8.78. The van der Waals surface area contributed by atoms with Crippen molar-refractivity contribution in [3.05, 3.63) is 70.0 Å². The smallest absolute Gasteiger partial charge is 0.428 e. The SMILES string of the molecule is FC(F)C(F)(F)Oc1ccc(/C=N/Nc2cc(Nc3cc(Cl)cc(C(F)(F)F)c3)nc(Cl)n2)cc1. The van der Waals surface area contributed by atoms with Crippen molar-refractivity contribution in [3.8, 4) is 5.75 Å². The Morgan fingerprint density at radius 3 is 2.20 bits per heavy atom. The van der Waals surface area contributed by atoms with E-state index in [1.807, 2.05) is 0 Å². The third-order valence-electron chi connectivity index (χ3n) is 3.98. The summed E-state index contributed by atoms with van der Waals surface area (Å²) in [5.74, 6) is -0.397. The van der Waals surface area contributed by atoms with Crippen LogP contribution in [0.1, 0.15) is 11.1 Å². The van der Waals surface area contributed by atoms with E-state index < -0.39 is 30.0 Å². The van der Waals surface area contributed by atoms with E-state index in [9.17, 15) is 30.7 Å². The molecule has 0 atom stereocenters. The van der Waals surface area contributed by atoms with Gasteiger partial charge >= 0.3 is 18.7 Å². The Labute approximate surface area is 202 Å². The zero-order valence-electron chi connectivity index (χ0n) is 16.9. The molecule has 2 N–H and O–H groups in total. The maximum absolute atomic E-state index is 13.0. The third kappa shape index (κ3) is 7.59. The molecule has 0 spiro atoms. The molecule has 3 aromatic rings. The number of nitrogens with zero attached hydrogens (tertiary/aromatic N) is 3. The van der Waals surface area contributed by atoms with Crippen molar-refractivity contribution in [1.29, 1.82) is 0 Å². The molecule has 6 nitrogen and oxygen atoms in total. The maximum atomic E-state index is 13.0. The van der Waals surface area contributed by atoms with E-state index in [-0.39, 0.29) is 27.6 Å². The first-order valence-corrected chi connectivity index (χ1v) is 10.0. The first kappa shape index (κ1) is 26.3. The first-order valence-electron chi connectivity index (χ1n) is 9.25. The highest BCUT2D eigenvalue weighted by Crippen LogP contribution is 2.34. The quantitative estimate of drug-likeness (QED) is 0.136. The Bertz CT molecular complexity index is 1210. The van der Waals surface area contributed by atoms with Crippen LogP contribution in [0.3, 0.4) is 0 Å². The van der Waals surface area contributed by atoms with E-state index in [1.54, 1.807) is 0 Å². The topological polar surface area (TPSA) is 71.4 Å². The summed E-state index contributed by atoms with van der Waals surface area (Å²) < 4.78 is 93.1. The van der Waals surface area contributed by atoms with Crippen LogP contribution < -0.4 is 15.5 Å². The number of halogens is 9. The van der Waals surface area contributed by atoms with Crippen molar-refractivity contribution in [2.75, 3.05) is 10.7 Å². The number of aromatic nitrogens is 2. The molecule has 0 bridgehead atoms. The van der Waals surface area contributed by atoms with Crippen molar-refractivity contribution < 1.29 is 35.5 Å². The van der Waals surface area contributed by atoms with E-state index in [2.05, 4.69) is 30.5 Å². The van der Waals surface area contributed by atoms with E-state index in [0.29, 0.717) is 5.56 Å². The standard InChI is InChI=1S/C20H12Cl2F7N5O/c21-12-5-11(19(25,26)27)6-13(7-12)31-15-8-16(33-18(22)32-15)34-30-9-10-1-3-14(4-2-10)35-20(28,29)17(23)24/h1-9,17H,(H2,31,32,33,34)/b30-9+. The molecule has 0 amide bonds. The van der Waals surface area contributed by atoms with Gasteiger partial charge in [0.15, 0.2) is 5.82 Å². The summed E-state index contributed by atoms with van der Waals surface area (Å²) in [5.41, 5.74) is 1.92. The summed E-state index contributed by atoms with van der Waals surface area (Å²) in [4.78, 5) is 7.73. The number of rotatable bonds is 8. The Morgan fingerprint density at radius 2 is 1.57 bits per heavy atom. The van der Waals surface area contributed by atoms with Crippen LogP contribution in [-0.4, -0.2) is 28.7 Å². The van der Waals surface area contributed by atoms with Gasteiger partial charge in [-0.1, -0.05) is 11.6 Å². The summed E-state index contributed by atoms with van der Waals surface area (Å²) >= 11 is 11.6. The lowest BCUT2D eigenvalue weighted by Gasteiger charge is -2.16. The van der Waals surface area contributed by atoms with E-state index >= 15 is 0 Å². The van der Waals surface area contributed by atoms with Crippen LogP contribution in [0, 0.1) is 0 Å². The summed E-state index contributed by atoms with van der Waals surface area (Å²) in [5, 5.41) is 6.09. The Hall–Kier alpha value is -3.32. The molecule has 3 rings (SSSR count). The van der Waals surface area contributed by atoms with Gasteiger partial charge in [0.1, 0.15) is 11.6 Å². The van der Waals surface area contributed by atoms with Crippen molar-refractivity contribution in [2.45, 2.75) is 18.7 Å². The van der Waals surface area contributed by atoms with Crippen LogP contribution in [0.15, 0.2) is 53.6 Å². The minimum absolute atomic E-state index is 0.00577. The Kier molecular flexibility index (Phi) is 7.90. The normalized spacial score (nSPS) is 12.3. The minimum atomic E-state index is -4.63. The largest absolute Gasteiger partial charge is 0.461 e. The fourth-order valence-corrected chi connectivity index (χ4v) is 2.93. The molecule has 0 aliphatic carbocycles. The summed E-state index contributed by atoms with van der Waals surface area (Å²) in [6.45, 7) is 0. The lowest BCUT2D eigenvalue weighted by molar-refractivity contribution is -0.253. The van der Waals surface area contributed by atoms with Gasteiger partial charge in [0, 0.05) is 16.8 Å². The lowest BCUT2D eigenvalue weighted by Crippen LogP contribution is -2.33. The zero-order valence-corrected chi connectivity index (χ0v) is 18.4. The number of hydrogen-bond donors (Lipinski definition) is 2. The fraction of sp³-hybridized carbons (Fsp3) is 0.150. The minimum Gasteiger partial charge on any atom is -0.428 e. The molecule has 1 aromatic heterocycles. The van der Waals surface area contributed by atoms with Gasteiger partial charge in [-0.05, 0) is 59.6 Å². The number of hydrogen-bond acceptors (Lipinski definition) is 6. The molecule has 35 heavy (non-hydrogen) atoms. The molecule has 0 aliphatic rings. The van der Waals surface area contributed by atoms with E-state index in [1.165, 1.54) is 30.5 Å². The van der Waals surface area contributed by atoms with Crippen LogP contribution in [-0.2, 0) is 6.18 Å². The second-order valence-electron chi connectivity index (χ2n) is 6.66. The van der Waals surface area contributed by atoms with Gasteiger partial charge in [-0.3, -0.25) is 5.43 Å². The molecule has 2 aromatic carbocycles. The number of nitrogens with one attached hydrogen (secondary N) is 2. The molecule has 0 saturated carbocycles. The number of alkyl halides is 7. The second kappa shape index (κ2) is 10.5. The number of hydrazone groups is 1. The molecular formula is C20H12Cl2F7N5O. The number of benzene rings is 2.